The highest BCUT2D eigenvalue weighted by Crippen LogP contribution is 2.39. The number of Topliss-reactive ketones (excluding diaryl/α,β-unsaturated/α-hetero) is 1. The van der Waals surface area contributed by atoms with Gasteiger partial charge in [0.1, 0.15) is 11.6 Å². The molecular formula is C22H15FO2. The van der Waals surface area contributed by atoms with Crippen LogP contribution in [0.4, 0.5) is 4.39 Å². The Morgan fingerprint density at radius 2 is 1.64 bits per heavy atom. The smallest absolute Gasteiger partial charge is 0.196 e. The zero-order valence-electron chi connectivity index (χ0n) is 13.4. The highest BCUT2D eigenvalue weighted by Gasteiger charge is 2.32. The minimum Gasteiger partial charge on any atom is -0.480 e. The largest absolute Gasteiger partial charge is 0.480 e. The molecule has 3 aromatic rings. The molecule has 0 amide bonds. The van der Waals surface area contributed by atoms with Crippen molar-refractivity contribution < 1.29 is 13.9 Å². The molecule has 1 aliphatic rings. The summed E-state index contributed by atoms with van der Waals surface area (Å²) in [6, 6.07) is 22.9. The number of para-hydroxylation sites is 1. The minimum absolute atomic E-state index is 0.0973. The van der Waals surface area contributed by atoms with Crippen molar-refractivity contribution in [3.05, 3.63) is 107 Å². The number of ether oxygens (including phenoxy) is 1. The van der Waals surface area contributed by atoms with Crippen LogP contribution < -0.4 is 4.74 Å². The number of hydrogen-bond donors (Lipinski definition) is 0. The van der Waals surface area contributed by atoms with Crippen molar-refractivity contribution in [2.45, 2.75) is 6.10 Å². The van der Waals surface area contributed by atoms with Crippen LogP contribution in [0.5, 0.6) is 5.75 Å². The summed E-state index contributed by atoms with van der Waals surface area (Å²) in [6.45, 7) is 0. The van der Waals surface area contributed by atoms with Gasteiger partial charge in [-0.05, 0) is 41.5 Å². The summed E-state index contributed by atoms with van der Waals surface area (Å²) < 4.78 is 19.7. The second kappa shape index (κ2) is 6.36. The third kappa shape index (κ3) is 2.96. The zero-order valence-corrected chi connectivity index (χ0v) is 13.4. The number of hydrogen-bond acceptors (Lipinski definition) is 2. The van der Waals surface area contributed by atoms with Crippen LogP contribution >= 0.6 is 0 Å². The highest BCUT2D eigenvalue weighted by molar-refractivity contribution is 6.14. The van der Waals surface area contributed by atoms with Crippen molar-refractivity contribution in [3.8, 4) is 5.75 Å². The second-order valence-corrected chi connectivity index (χ2v) is 5.89. The molecule has 2 nitrogen and oxygen atoms in total. The van der Waals surface area contributed by atoms with Gasteiger partial charge in [0.05, 0.1) is 5.56 Å². The van der Waals surface area contributed by atoms with Crippen LogP contribution in [-0.4, -0.2) is 5.78 Å². The highest BCUT2D eigenvalue weighted by atomic mass is 19.1. The SMILES string of the molecule is O=C1C(=Cc2cccc(F)c2)C(c2ccccc2)Oc2ccccc21. The van der Waals surface area contributed by atoms with Crippen LogP contribution in [0.2, 0.25) is 0 Å². The Kier molecular flexibility index (Phi) is 3.90. The van der Waals surface area contributed by atoms with Gasteiger partial charge in [-0.25, -0.2) is 4.39 Å². The van der Waals surface area contributed by atoms with E-state index in [9.17, 15) is 9.18 Å². The Balaban J connectivity index is 1.87. The zero-order chi connectivity index (χ0) is 17.2. The lowest BCUT2D eigenvalue weighted by Crippen LogP contribution is -2.23. The van der Waals surface area contributed by atoms with Gasteiger partial charge < -0.3 is 4.74 Å². The Bertz CT molecular complexity index is 961. The van der Waals surface area contributed by atoms with Gasteiger partial charge in [-0.1, -0.05) is 54.6 Å². The van der Waals surface area contributed by atoms with E-state index in [1.807, 2.05) is 42.5 Å². The Hall–Kier alpha value is -3.20. The molecule has 25 heavy (non-hydrogen) atoms. The summed E-state index contributed by atoms with van der Waals surface area (Å²) in [5.74, 6) is 0.132. The molecule has 1 atom stereocenters. The number of fused-ring (bicyclic) bond motifs is 1. The molecule has 3 heteroatoms. The lowest BCUT2D eigenvalue weighted by Gasteiger charge is -2.28. The van der Waals surface area contributed by atoms with E-state index in [1.165, 1.54) is 12.1 Å². The van der Waals surface area contributed by atoms with Crippen molar-refractivity contribution in [3.63, 3.8) is 0 Å². The molecule has 0 aliphatic carbocycles. The van der Waals surface area contributed by atoms with E-state index in [-0.39, 0.29) is 11.6 Å². The molecule has 0 fully saturated rings. The molecule has 4 rings (SSSR count). The van der Waals surface area contributed by atoms with Gasteiger partial charge in [0.25, 0.3) is 0 Å². The fourth-order valence-electron chi connectivity index (χ4n) is 3.01. The molecule has 1 unspecified atom stereocenters. The van der Waals surface area contributed by atoms with E-state index in [4.69, 9.17) is 4.74 Å². The summed E-state index contributed by atoms with van der Waals surface area (Å²) in [4.78, 5) is 13.0. The third-order valence-electron chi connectivity index (χ3n) is 4.19. The summed E-state index contributed by atoms with van der Waals surface area (Å²) in [7, 11) is 0. The van der Waals surface area contributed by atoms with Crippen molar-refractivity contribution in [1.29, 1.82) is 0 Å². The average Bonchev–Trinajstić information content (AvgIpc) is 2.65. The van der Waals surface area contributed by atoms with Crippen LogP contribution in [0.1, 0.15) is 27.6 Å². The summed E-state index contributed by atoms with van der Waals surface area (Å²) in [6.07, 6.45) is 1.19. The van der Waals surface area contributed by atoms with Gasteiger partial charge >= 0.3 is 0 Å². The summed E-state index contributed by atoms with van der Waals surface area (Å²) in [5.41, 5.74) is 2.54. The van der Waals surface area contributed by atoms with Crippen molar-refractivity contribution in [1.82, 2.24) is 0 Å². The fourth-order valence-corrected chi connectivity index (χ4v) is 3.01. The lowest BCUT2D eigenvalue weighted by atomic mass is 9.89. The number of rotatable bonds is 2. The number of ketones is 1. The van der Waals surface area contributed by atoms with E-state index < -0.39 is 6.10 Å². The molecule has 0 radical (unpaired) electrons. The number of halogens is 1. The van der Waals surface area contributed by atoms with Gasteiger partial charge in [0.2, 0.25) is 0 Å². The second-order valence-electron chi connectivity index (χ2n) is 5.89. The molecule has 1 aliphatic heterocycles. The summed E-state index contributed by atoms with van der Waals surface area (Å²) in [5, 5.41) is 0. The van der Waals surface area contributed by atoms with Crippen molar-refractivity contribution in [2.24, 2.45) is 0 Å². The lowest BCUT2D eigenvalue weighted by molar-refractivity contribution is 0.0963. The third-order valence-corrected chi connectivity index (χ3v) is 4.19. The first-order valence-electron chi connectivity index (χ1n) is 8.05. The standard InChI is InChI=1S/C22H15FO2/c23-17-10-6-7-15(13-17)14-19-21(24)18-11-4-5-12-20(18)25-22(19)16-8-2-1-3-9-16/h1-14,22H. The quantitative estimate of drug-likeness (QED) is 0.602. The molecule has 0 spiro atoms. The maximum atomic E-state index is 13.5. The molecule has 3 aromatic carbocycles. The van der Waals surface area contributed by atoms with E-state index >= 15 is 0 Å². The predicted molar refractivity (Wildman–Crippen MR) is 95.0 cm³/mol. The van der Waals surface area contributed by atoms with Crippen LogP contribution in [-0.2, 0) is 0 Å². The van der Waals surface area contributed by atoms with Crippen LogP contribution in [0, 0.1) is 5.82 Å². The number of carbonyl (C=O) groups is 1. The maximum Gasteiger partial charge on any atom is 0.196 e. The van der Waals surface area contributed by atoms with Gasteiger partial charge in [-0.3, -0.25) is 4.79 Å². The fraction of sp³-hybridized carbons (Fsp3) is 0.0455. The monoisotopic (exact) mass is 330 g/mol. The summed E-state index contributed by atoms with van der Waals surface area (Å²) >= 11 is 0. The van der Waals surface area contributed by atoms with Crippen LogP contribution in [0.25, 0.3) is 6.08 Å². The Morgan fingerprint density at radius 3 is 2.44 bits per heavy atom. The van der Waals surface area contributed by atoms with Crippen LogP contribution in [0.3, 0.4) is 0 Å². The number of benzene rings is 3. The van der Waals surface area contributed by atoms with Gasteiger partial charge in [0.15, 0.2) is 11.9 Å². The maximum absolute atomic E-state index is 13.5. The predicted octanol–water partition coefficient (Wildman–Crippen LogP) is 5.23. The van der Waals surface area contributed by atoms with Crippen molar-refractivity contribution >= 4 is 11.9 Å². The molecule has 122 valence electrons. The minimum atomic E-state index is -0.521. The van der Waals surface area contributed by atoms with Gasteiger partial charge in [-0.2, -0.15) is 0 Å². The first-order chi connectivity index (χ1) is 12.2. The molecule has 1 heterocycles. The topological polar surface area (TPSA) is 26.3 Å². The molecule has 0 bridgehead atoms. The van der Waals surface area contributed by atoms with Gasteiger partial charge in [0, 0.05) is 5.57 Å². The van der Waals surface area contributed by atoms with E-state index in [0.29, 0.717) is 22.4 Å². The van der Waals surface area contributed by atoms with E-state index in [2.05, 4.69) is 0 Å². The van der Waals surface area contributed by atoms with E-state index in [0.717, 1.165) is 5.56 Å². The molecule has 0 aromatic heterocycles. The number of carbonyl (C=O) groups excluding carboxylic acids is 1. The van der Waals surface area contributed by atoms with Crippen molar-refractivity contribution in [2.75, 3.05) is 0 Å². The first kappa shape index (κ1) is 15.3. The average molecular weight is 330 g/mol. The Morgan fingerprint density at radius 1 is 0.880 bits per heavy atom. The van der Waals surface area contributed by atoms with Gasteiger partial charge in [-0.15, -0.1) is 0 Å². The molecule has 0 saturated carbocycles. The molecular weight excluding hydrogens is 315 g/mol. The molecule has 0 N–H and O–H groups in total. The first-order valence-corrected chi connectivity index (χ1v) is 8.05. The normalized spacial score (nSPS) is 17.9. The molecule has 0 saturated heterocycles. The van der Waals surface area contributed by atoms with Crippen LogP contribution in [0.15, 0.2) is 84.4 Å². The van der Waals surface area contributed by atoms with E-state index in [1.54, 1.807) is 30.3 Å². The Labute approximate surface area is 145 Å².